The fourth-order valence-corrected chi connectivity index (χ4v) is 1.22. The fraction of sp³-hybridized carbons (Fsp3) is 1.00. The van der Waals surface area contributed by atoms with Crippen molar-refractivity contribution in [1.82, 2.24) is 4.90 Å². The van der Waals surface area contributed by atoms with Crippen LogP contribution >= 0.6 is 0 Å². The average Bonchev–Trinajstić information content (AvgIpc) is 2.33. The monoisotopic (exact) mass is 249 g/mol. The van der Waals surface area contributed by atoms with Gasteiger partial charge in [-0.2, -0.15) is 0 Å². The van der Waals surface area contributed by atoms with Crippen LogP contribution in [0.5, 0.6) is 0 Å². The van der Waals surface area contributed by atoms with Crippen molar-refractivity contribution in [2.24, 2.45) is 0 Å². The molecule has 4 heteroatoms. The van der Waals surface area contributed by atoms with Crippen molar-refractivity contribution < 1.29 is 14.2 Å². The molecule has 0 aliphatic heterocycles. The van der Waals surface area contributed by atoms with Crippen LogP contribution in [0.3, 0.4) is 0 Å². The highest BCUT2D eigenvalue weighted by Crippen LogP contribution is 1.95. The first kappa shape index (κ1) is 19.2. The Morgan fingerprint density at radius 2 is 0.941 bits per heavy atom. The number of hydrogen-bond acceptors (Lipinski definition) is 4. The zero-order chi connectivity index (χ0) is 13.5. The molecule has 0 atom stereocenters. The van der Waals surface area contributed by atoms with Crippen LogP contribution in [-0.2, 0) is 14.2 Å². The van der Waals surface area contributed by atoms with E-state index in [1.807, 2.05) is 20.8 Å². The van der Waals surface area contributed by atoms with E-state index >= 15 is 0 Å². The van der Waals surface area contributed by atoms with Crippen LogP contribution < -0.4 is 0 Å². The molecule has 17 heavy (non-hydrogen) atoms. The normalized spacial score (nSPS) is 10.6. The first-order chi connectivity index (χ1) is 8.19. The highest BCUT2D eigenvalue weighted by molar-refractivity contribution is 4.43. The molecule has 0 N–H and O–H groups in total. The number of rotatable bonds is 9. The molecule has 0 heterocycles. The molecule has 0 fully saturated rings. The summed E-state index contributed by atoms with van der Waals surface area (Å²) in [6, 6.07) is 0. The number of ether oxygens (including phenoxy) is 3. The van der Waals surface area contributed by atoms with E-state index in [0.29, 0.717) is 19.8 Å². The molecule has 0 aliphatic carbocycles. The van der Waals surface area contributed by atoms with Crippen LogP contribution in [0.1, 0.15) is 41.5 Å². The second-order valence-corrected chi connectivity index (χ2v) is 3.27. The zero-order valence-corrected chi connectivity index (χ0v) is 12.5. The highest BCUT2D eigenvalue weighted by atomic mass is 16.8. The van der Waals surface area contributed by atoms with Crippen molar-refractivity contribution in [3.05, 3.63) is 0 Å². The summed E-state index contributed by atoms with van der Waals surface area (Å²) in [5.41, 5.74) is 0. The smallest absolute Gasteiger partial charge is 0.271 e. The lowest BCUT2D eigenvalue weighted by Gasteiger charge is -2.15. The van der Waals surface area contributed by atoms with Crippen molar-refractivity contribution in [3.63, 3.8) is 0 Å². The van der Waals surface area contributed by atoms with E-state index in [1.165, 1.54) is 19.6 Å². The summed E-state index contributed by atoms with van der Waals surface area (Å²) >= 11 is 0. The minimum absolute atomic E-state index is 0.472. The van der Waals surface area contributed by atoms with Gasteiger partial charge in [0.1, 0.15) is 0 Å². The van der Waals surface area contributed by atoms with E-state index < -0.39 is 6.48 Å². The summed E-state index contributed by atoms with van der Waals surface area (Å²) < 4.78 is 15.2. The summed E-state index contributed by atoms with van der Waals surface area (Å²) in [4.78, 5) is 2.38. The molecule has 0 bridgehead atoms. The van der Waals surface area contributed by atoms with Gasteiger partial charge in [-0.15, -0.1) is 0 Å². The third kappa shape index (κ3) is 13.8. The molecule has 0 radical (unpaired) electrons. The first-order valence-corrected chi connectivity index (χ1v) is 6.76. The molecule has 0 aromatic heterocycles. The van der Waals surface area contributed by atoms with E-state index in [1.54, 1.807) is 0 Å². The van der Waals surface area contributed by atoms with E-state index in [4.69, 9.17) is 14.2 Å². The molecule has 4 nitrogen and oxygen atoms in total. The third-order valence-electron chi connectivity index (χ3n) is 2.25. The van der Waals surface area contributed by atoms with Gasteiger partial charge in [0.2, 0.25) is 0 Å². The van der Waals surface area contributed by atoms with Crippen LogP contribution in [-0.4, -0.2) is 50.8 Å². The maximum Gasteiger partial charge on any atom is 0.271 e. The Balaban J connectivity index is 0. The summed E-state index contributed by atoms with van der Waals surface area (Å²) in [5, 5.41) is 0. The van der Waals surface area contributed by atoms with Crippen molar-refractivity contribution in [3.8, 4) is 0 Å². The summed E-state index contributed by atoms with van der Waals surface area (Å²) in [6.45, 7) is 17.2. The van der Waals surface area contributed by atoms with Gasteiger partial charge < -0.3 is 19.1 Å². The minimum Gasteiger partial charge on any atom is -0.330 e. The van der Waals surface area contributed by atoms with Gasteiger partial charge in [0.05, 0.1) is 0 Å². The zero-order valence-electron chi connectivity index (χ0n) is 12.5. The second kappa shape index (κ2) is 15.8. The molecule has 0 aromatic rings. The molecule has 0 aliphatic rings. The van der Waals surface area contributed by atoms with Crippen molar-refractivity contribution in [1.29, 1.82) is 0 Å². The van der Waals surface area contributed by atoms with Crippen LogP contribution in [0, 0.1) is 0 Å². The van der Waals surface area contributed by atoms with E-state index in [-0.39, 0.29) is 0 Å². The highest BCUT2D eigenvalue weighted by Gasteiger charge is 2.04. The maximum absolute atomic E-state index is 5.08. The van der Waals surface area contributed by atoms with Crippen molar-refractivity contribution >= 4 is 0 Å². The Hall–Kier alpha value is -0.160. The molecule has 0 saturated heterocycles. The van der Waals surface area contributed by atoms with Gasteiger partial charge in [-0.3, -0.25) is 0 Å². The fourth-order valence-electron chi connectivity index (χ4n) is 1.22. The first-order valence-electron chi connectivity index (χ1n) is 6.76. The Morgan fingerprint density at radius 1 is 0.647 bits per heavy atom. The summed E-state index contributed by atoms with van der Waals surface area (Å²) in [6.07, 6.45) is 0. The molecular formula is C13H31NO3. The SMILES string of the molecule is CCN(CC)CC.CCOC(OCC)OCC. The number of hydrogen-bond donors (Lipinski definition) is 0. The van der Waals surface area contributed by atoms with Crippen LogP contribution in [0.2, 0.25) is 0 Å². The largest absolute Gasteiger partial charge is 0.330 e. The lowest BCUT2D eigenvalue weighted by atomic mass is 10.5. The van der Waals surface area contributed by atoms with Gasteiger partial charge in [-0.1, -0.05) is 20.8 Å². The average molecular weight is 249 g/mol. The predicted molar refractivity (Wildman–Crippen MR) is 72.1 cm³/mol. The van der Waals surface area contributed by atoms with Crippen LogP contribution in [0.15, 0.2) is 0 Å². The van der Waals surface area contributed by atoms with Gasteiger partial charge in [0.25, 0.3) is 6.48 Å². The minimum atomic E-state index is -0.472. The Labute approximate surface area is 107 Å². The van der Waals surface area contributed by atoms with Gasteiger partial charge in [-0.25, -0.2) is 0 Å². The summed E-state index contributed by atoms with van der Waals surface area (Å²) in [7, 11) is 0. The van der Waals surface area contributed by atoms with Crippen LogP contribution in [0.25, 0.3) is 0 Å². The molecule has 0 amide bonds. The number of nitrogens with zero attached hydrogens (tertiary/aromatic N) is 1. The van der Waals surface area contributed by atoms with Crippen molar-refractivity contribution in [2.75, 3.05) is 39.5 Å². The van der Waals surface area contributed by atoms with Gasteiger partial charge in [0.15, 0.2) is 0 Å². The molecular weight excluding hydrogens is 218 g/mol. The second-order valence-electron chi connectivity index (χ2n) is 3.27. The van der Waals surface area contributed by atoms with Gasteiger partial charge >= 0.3 is 0 Å². The van der Waals surface area contributed by atoms with Gasteiger partial charge in [-0.05, 0) is 40.4 Å². The Kier molecular flexibility index (Phi) is 17.9. The van der Waals surface area contributed by atoms with E-state index in [9.17, 15) is 0 Å². The standard InChI is InChI=1S/C7H16O3.C6H15N/c1-4-8-7(9-5-2)10-6-3;1-4-7(5-2)6-3/h7H,4-6H2,1-3H3;4-6H2,1-3H3. The Bertz CT molecular complexity index is 110. The molecule has 0 unspecified atom stereocenters. The molecule has 0 aromatic carbocycles. The third-order valence-corrected chi connectivity index (χ3v) is 2.25. The summed E-state index contributed by atoms with van der Waals surface area (Å²) in [5.74, 6) is 0. The molecule has 0 spiro atoms. The van der Waals surface area contributed by atoms with E-state index in [0.717, 1.165) is 0 Å². The van der Waals surface area contributed by atoms with Crippen molar-refractivity contribution in [2.45, 2.75) is 48.0 Å². The maximum atomic E-state index is 5.08. The lowest BCUT2D eigenvalue weighted by Crippen LogP contribution is -2.21. The van der Waals surface area contributed by atoms with Crippen LogP contribution in [0.4, 0.5) is 0 Å². The van der Waals surface area contributed by atoms with Gasteiger partial charge in [0, 0.05) is 19.8 Å². The lowest BCUT2D eigenvalue weighted by molar-refractivity contribution is -0.282. The quantitative estimate of drug-likeness (QED) is 0.588. The molecule has 0 saturated carbocycles. The van der Waals surface area contributed by atoms with E-state index in [2.05, 4.69) is 25.7 Å². The molecule has 0 rings (SSSR count). The molecule has 106 valence electrons. The predicted octanol–water partition coefficient (Wildman–Crippen LogP) is 2.73. The Morgan fingerprint density at radius 3 is 1.06 bits per heavy atom. The topological polar surface area (TPSA) is 30.9 Å².